The monoisotopic (exact) mass is 325 g/mol. The second-order valence-corrected chi connectivity index (χ2v) is 7.15. The summed E-state index contributed by atoms with van der Waals surface area (Å²) in [7, 11) is 0. The molecule has 1 aromatic carbocycles. The van der Waals surface area contributed by atoms with Crippen LogP contribution in [0.1, 0.15) is 13.8 Å². The number of fused-ring (bicyclic) bond motifs is 1. The van der Waals surface area contributed by atoms with Crippen LogP contribution in [0.25, 0.3) is 22.0 Å². The van der Waals surface area contributed by atoms with Crippen LogP contribution in [0.3, 0.4) is 0 Å². The lowest BCUT2D eigenvalue weighted by molar-refractivity contribution is -0.138. The molecule has 0 fully saturated rings. The van der Waals surface area contributed by atoms with E-state index >= 15 is 0 Å². The van der Waals surface area contributed by atoms with E-state index in [1.807, 2.05) is 30.3 Å². The highest BCUT2D eigenvalue weighted by Gasteiger charge is 2.30. The molecule has 23 heavy (non-hydrogen) atoms. The van der Waals surface area contributed by atoms with Gasteiger partial charge in [0.1, 0.15) is 16.1 Å². The molecule has 3 rings (SSSR count). The Morgan fingerprint density at radius 2 is 1.96 bits per heavy atom. The van der Waals surface area contributed by atoms with Crippen LogP contribution in [-0.4, -0.2) is 30.8 Å². The molecule has 0 aliphatic carbocycles. The van der Waals surface area contributed by atoms with Crippen molar-refractivity contribution in [3.8, 4) is 11.1 Å². The molecule has 3 aromatic rings. The molecule has 1 N–H and O–H groups in total. The molecule has 0 aliphatic heterocycles. The Bertz CT molecular complexity index is 875. The van der Waals surface area contributed by atoms with E-state index in [4.69, 9.17) is 0 Å². The third-order valence-electron chi connectivity index (χ3n) is 3.48. The zero-order valence-corrected chi connectivity index (χ0v) is 13.5. The number of aromatic nitrogens is 3. The van der Waals surface area contributed by atoms with Crippen LogP contribution in [0.15, 0.2) is 54.1 Å². The Morgan fingerprint density at radius 3 is 2.74 bits per heavy atom. The number of thioether (sulfide) groups is 1. The highest BCUT2D eigenvalue weighted by atomic mass is 32.2. The highest BCUT2D eigenvalue weighted by Crippen LogP contribution is 2.38. The minimum Gasteiger partial charge on any atom is -0.480 e. The van der Waals surface area contributed by atoms with Crippen LogP contribution < -0.4 is 0 Å². The number of carbonyl (C=O) groups is 1. The van der Waals surface area contributed by atoms with Gasteiger partial charge in [0.25, 0.3) is 0 Å². The van der Waals surface area contributed by atoms with Crippen molar-refractivity contribution in [2.45, 2.75) is 23.6 Å². The number of hydrogen-bond donors (Lipinski definition) is 1. The lowest BCUT2D eigenvalue weighted by Gasteiger charge is -2.19. The van der Waals surface area contributed by atoms with E-state index in [-0.39, 0.29) is 0 Å². The summed E-state index contributed by atoms with van der Waals surface area (Å²) in [4.78, 5) is 24.2. The van der Waals surface area contributed by atoms with E-state index in [1.165, 1.54) is 18.1 Å². The van der Waals surface area contributed by atoms with Crippen molar-refractivity contribution in [1.29, 1.82) is 0 Å². The van der Waals surface area contributed by atoms with Crippen LogP contribution in [0.5, 0.6) is 0 Å². The molecule has 0 amide bonds. The van der Waals surface area contributed by atoms with E-state index < -0.39 is 10.7 Å². The summed E-state index contributed by atoms with van der Waals surface area (Å²) in [5.41, 5.74) is 2.63. The molecular formula is C17H15N3O2S. The Morgan fingerprint density at radius 1 is 1.13 bits per heavy atom. The van der Waals surface area contributed by atoms with Crippen molar-refractivity contribution in [2.75, 3.05) is 0 Å². The fourth-order valence-corrected chi connectivity index (χ4v) is 3.15. The van der Waals surface area contributed by atoms with Gasteiger partial charge in [-0.15, -0.1) is 0 Å². The third-order valence-corrected chi connectivity index (χ3v) is 4.68. The molecule has 2 heterocycles. The van der Waals surface area contributed by atoms with Crippen molar-refractivity contribution in [1.82, 2.24) is 15.0 Å². The minimum absolute atomic E-state index is 0.642. The summed E-state index contributed by atoms with van der Waals surface area (Å²) in [6.07, 6.45) is 4.90. The van der Waals surface area contributed by atoms with Crippen molar-refractivity contribution in [2.24, 2.45) is 0 Å². The smallest absolute Gasteiger partial charge is 0.319 e. The lowest BCUT2D eigenvalue weighted by atomic mass is 10.0. The summed E-state index contributed by atoms with van der Waals surface area (Å²) in [6, 6.07) is 9.71. The topological polar surface area (TPSA) is 76.0 Å². The van der Waals surface area contributed by atoms with Gasteiger partial charge in [-0.25, -0.2) is 9.97 Å². The molecule has 5 nitrogen and oxygen atoms in total. The molecule has 0 radical (unpaired) electrons. The summed E-state index contributed by atoms with van der Waals surface area (Å²) in [5.74, 6) is -0.883. The molecule has 2 aromatic heterocycles. The van der Waals surface area contributed by atoms with Gasteiger partial charge in [-0.05, 0) is 31.5 Å². The first-order valence-electron chi connectivity index (χ1n) is 7.05. The third kappa shape index (κ3) is 3.03. The molecule has 6 heteroatoms. The largest absolute Gasteiger partial charge is 0.480 e. The van der Waals surface area contributed by atoms with Gasteiger partial charge in [0, 0.05) is 23.3 Å². The maximum absolute atomic E-state index is 11.4. The second kappa shape index (κ2) is 5.96. The first-order chi connectivity index (χ1) is 11.0. The number of hydrogen-bond acceptors (Lipinski definition) is 5. The Kier molecular flexibility index (Phi) is 4.00. The summed E-state index contributed by atoms with van der Waals surface area (Å²) >= 11 is 1.21. The normalized spacial score (nSPS) is 11.6. The number of carboxylic acid groups (broad SMARTS) is 1. The predicted octanol–water partition coefficient (Wildman–Crippen LogP) is 3.65. The maximum atomic E-state index is 11.4. The standard InChI is InChI=1S/C17H15N3O2S/c1-17(2,16(21)22)23-15-13(9-18-10-20-15)11-5-3-7-14-12(11)6-4-8-19-14/h3-10H,1-2H3,(H,21,22). The molecule has 0 bridgehead atoms. The summed E-state index contributed by atoms with van der Waals surface area (Å²) in [5, 5.41) is 11.0. The number of benzene rings is 1. The minimum atomic E-state index is -0.980. The van der Waals surface area contributed by atoms with Gasteiger partial charge >= 0.3 is 5.97 Å². The van der Waals surface area contributed by atoms with Crippen molar-refractivity contribution in [3.05, 3.63) is 49.1 Å². The molecule has 0 saturated heterocycles. The van der Waals surface area contributed by atoms with Gasteiger partial charge in [0.05, 0.1) is 5.52 Å². The fraction of sp³-hybridized carbons (Fsp3) is 0.176. The zero-order chi connectivity index (χ0) is 16.4. The molecule has 0 unspecified atom stereocenters. The summed E-state index contributed by atoms with van der Waals surface area (Å²) < 4.78 is -0.980. The van der Waals surface area contributed by atoms with Gasteiger partial charge in [0.2, 0.25) is 0 Å². The molecule has 0 aliphatic rings. The molecule has 0 saturated carbocycles. The second-order valence-electron chi connectivity index (χ2n) is 5.53. The number of pyridine rings is 1. The molecule has 116 valence electrons. The fourth-order valence-electron chi connectivity index (χ4n) is 2.21. The van der Waals surface area contributed by atoms with Gasteiger partial charge in [0.15, 0.2) is 0 Å². The SMILES string of the molecule is CC(C)(Sc1ncncc1-c1cccc2ncccc12)C(=O)O. The van der Waals surface area contributed by atoms with E-state index in [9.17, 15) is 9.90 Å². The quantitative estimate of drug-likeness (QED) is 0.583. The van der Waals surface area contributed by atoms with Crippen molar-refractivity contribution in [3.63, 3.8) is 0 Å². The summed E-state index contributed by atoms with van der Waals surface area (Å²) in [6.45, 7) is 3.33. The number of aliphatic carboxylic acids is 1. The van der Waals surface area contributed by atoms with Crippen LogP contribution in [-0.2, 0) is 4.79 Å². The first kappa shape index (κ1) is 15.4. The average Bonchev–Trinajstić information content (AvgIpc) is 2.54. The van der Waals surface area contributed by atoms with Gasteiger partial charge in [-0.1, -0.05) is 30.0 Å². The van der Waals surface area contributed by atoms with E-state index in [0.717, 1.165) is 22.0 Å². The number of rotatable bonds is 4. The lowest BCUT2D eigenvalue weighted by Crippen LogP contribution is -2.27. The average molecular weight is 325 g/mol. The number of carboxylic acids is 1. The van der Waals surface area contributed by atoms with Crippen molar-refractivity contribution < 1.29 is 9.90 Å². The van der Waals surface area contributed by atoms with E-state index in [2.05, 4.69) is 15.0 Å². The Hall–Kier alpha value is -2.47. The Balaban J connectivity index is 2.15. The number of nitrogens with zero attached hydrogens (tertiary/aromatic N) is 3. The van der Waals surface area contributed by atoms with Gasteiger partial charge in [-0.3, -0.25) is 9.78 Å². The van der Waals surface area contributed by atoms with Crippen LogP contribution >= 0.6 is 11.8 Å². The van der Waals surface area contributed by atoms with E-state index in [0.29, 0.717) is 5.03 Å². The Labute approximate surface area is 137 Å². The zero-order valence-electron chi connectivity index (χ0n) is 12.7. The molecular weight excluding hydrogens is 310 g/mol. The van der Waals surface area contributed by atoms with Crippen LogP contribution in [0, 0.1) is 0 Å². The van der Waals surface area contributed by atoms with Gasteiger partial charge < -0.3 is 5.11 Å². The maximum Gasteiger partial charge on any atom is 0.319 e. The first-order valence-corrected chi connectivity index (χ1v) is 7.87. The van der Waals surface area contributed by atoms with Crippen LogP contribution in [0.4, 0.5) is 0 Å². The molecule has 0 atom stereocenters. The van der Waals surface area contributed by atoms with Crippen molar-refractivity contribution >= 4 is 28.6 Å². The highest BCUT2D eigenvalue weighted by molar-refractivity contribution is 8.01. The van der Waals surface area contributed by atoms with Gasteiger partial charge in [-0.2, -0.15) is 0 Å². The van der Waals surface area contributed by atoms with Crippen LogP contribution in [0.2, 0.25) is 0 Å². The van der Waals surface area contributed by atoms with E-state index in [1.54, 1.807) is 26.2 Å². The molecule has 0 spiro atoms. The predicted molar refractivity (Wildman–Crippen MR) is 90.3 cm³/mol.